The fraction of sp³-hybridized carbons (Fsp3) is 0.118. The zero-order chi connectivity index (χ0) is 16.1. The first-order valence-electron chi connectivity index (χ1n) is 7.20. The standard InChI is InChI=1S/C17H16N4O2/c22-15(13-6-2-1-3-7-13)17(23)19-12-14-8-4-9-18-16(14)21-11-5-10-20-21/h1-11,15,22H,12H2,(H,19,23). The number of amides is 1. The highest BCUT2D eigenvalue weighted by atomic mass is 16.3. The predicted molar refractivity (Wildman–Crippen MR) is 84.6 cm³/mol. The zero-order valence-corrected chi connectivity index (χ0v) is 12.3. The highest BCUT2D eigenvalue weighted by Gasteiger charge is 2.17. The van der Waals surface area contributed by atoms with E-state index in [-0.39, 0.29) is 6.54 Å². The van der Waals surface area contributed by atoms with Gasteiger partial charge in [0.15, 0.2) is 11.9 Å². The summed E-state index contributed by atoms with van der Waals surface area (Å²) < 4.78 is 1.63. The Morgan fingerprint density at radius 2 is 1.96 bits per heavy atom. The fourth-order valence-electron chi connectivity index (χ4n) is 2.23. The van der Waals surface area contributed by atoms with Crippen molar-refractivity contribution >= 4 is 5.91 Å². The van der Waals surface area contributed by atoms with Crippen LogP contribution in [0.2, 0.25) is 0 Å². The molecule has 2 N–H and O–H groups in total. The number of pyridine rings is 1. The van der Waals surface area contributed by atoms with Crippen LogP contribution < -0.4 is 5.32 Å². The summed E-state index contributed by atoms with van der Waals surface area (Å²) in [4.78, 5) is 16.4. The highest BCUT2D eigenvalue weighted by molar-refractivity contribution is 5.81. The summed E-state index contributed by atoms with van der Waals surface area (Å²) >= 11 is 0. The van der Waals surface area contributed by atoms with Gasteiger partial charge < -0.3 is 10.4 Å². The van der Waals surface area contributed by atoms with E-state index in [2.05, 4.69) is 15.4 Å². The molecule has 1 unspecified atom stereocenters. The maximum absolute atomic E-state index is 12.1. The quantitative estimate of drug-likeness (QED) is 0.750. The van der Waals surface area contributed by atoms with Crippen LogP contribution in [0, 0.1) is 0 Å². The summed E-state index contributed by atoms with van der Waals surface area (Å²) in [6.07, 6.45) is 3.92. The number of hydrogen-bond donors (Lipinski definition) is 2. The molecule has 1 atom stereocenters. The van der Waals surface area contributed by atoms with Gasteiger partial charge in [0.05, 0.1) is 0 Å². The van der Waals surface area contributed by atoms with E-state index in [1.165, 1.54) is 0 Å². The number of benzene rings is 1. The van der Waals surface area contributed by atoms with Gasteiger partial charge in [0.1, 0.15) is 0 Å². The molecule has 2 aromatic heterocycles. The molecule has 0 fully saturated rings. The van der Waals surface area contributed by atoms with Crippen molar-refractivity contribution in [1.29, 1.82) is 0 Å². The third-order valence-electron chi connectivity index (χ3n) is 3.41. The Bertz CT molecular complexity index is 772. The van der Waals surface area contributed by atoms with Crippen molar-refractivity contribution in [3.05, 3.63) is 78.2 Å². The first-order chi connectivity index (χ1) is 11.3. The van der Waals surface area contributed by atoms with Gasteiger partial charge in [0.2, 0.25) is 0 Å². The van der Waals surface area contributed by atoms with Gasteiger partial charge >= 0.3 is 0 Å². The molecule has 0 saturated carbocycles. The second-order valence-electron chi connectivity index (χ2n) is 4.97. The number of nitrogens with zero attached hydrogens (tertiary/aromatic N) is 3. The summed E-state index contributed by atoms with van der Waals surface area (Å²) in [7, 11) is 0. The lowest BCUT2D eigenvalue weighted by molar-refractivity contribution is -0.129. The summed E-state index contributed by atoms with van der Waals surface area (Å²) in [5.74, 6) is 0.193. The number of aliphatic hydroxyl groups excluding tert-OH is 1. The SMILES string of the molecule is O=C(NCc1cccnc1-n1cccn1)C(O)c1ccccc1. The Labute approximate surface area is 133 Å². The van der Waals surface area contributed by atoms with E-state index in [1.54, 1.807) is 59.7 Å². The number of hydrogen-bond acceptors (Lipinski definition) is 4. The largest absolute Gasteiger partial charge is 0.378 e. The maximum Gasteiger partial charge on any atom is 0.253 e. The molecule has 0 aliphatic carbocycles. The number of aromatic nitrogens is 3. The molecule has 0 saturated heterocycles. The van der Waals surface area contributed by atoms with E-state index in [9.17, 15) is 9.90 Å². The van der Waals surface area contributed by atoms with Gasteiger partial charge in [0, 0.05) is 30.7 Å². The molecule has 2 heterocycles. The molecule has 1 amide bonds. The molecule has 0 radical (unpaired) electrons. The molecule has 23 heavy (non-hydrogen) atoms. The molecule has 3 rings (SSSR count). The van der Waals surface area contributed by atoms with Gasteiger partial charge in [-0.3, -0.25) is 4.79 Å². The van der Waals surface area contributed by atoms with E-state index < -0.39 is 12.0 Å². The van der Waals surface area contributed by atoms with E-state index in [1.807, 2.05) is 12.1 Å². The Kier molecular flexibility index (Phi) is 4.44. The van der Waals surface area contributed by atoms with E-state index >= 15 is 0 Å². The van der Waals surface area contributed by atoms with Crippen LogP contribution in [0.15, 0.2) is 67.1 Å². The van der Waals surface area contributed by atoms with Crippen molar-refractivity contribution in [3.63, 3.8) is 0 Å². The number of nitrogens with one attached hydrogen (secondary N) is 1. The molecule has 116 valence electrons. The monoisotopic (exact) mass is 308 g/mol. The summed E-state index contributed by atoms with van der Waals surface area (Å²) in [5, 5.41) is 17.0. The summed E-state index contributed by atoms with van der Waals surface area (Å²) in [5.41, 5.74) is 1.37. The van der Waals surface area contributed by atoms with Crippen LogP contribution >= 0.6 is 0 Å². The third kappa shape index (κ3) is 3.44. The van der Waals surface area contributed by atoms with Gasteiger partial charge in [-0.25, -0.2) is 9.67 Å². The first kappa shape index (κ1) is 14.9. The van der Waals surface area contributed by atoms with E-state index in [4.69, 9.17) is 0 Å². The zero-order valence-electron chi connectivity index (χ0n) is 12.3. The smallest absolute Gasteiger partial charge is 0.253 e. The van der Waals surface area contributed by atoms with Crippen LogP contribution in [0.3, 0.4) is 0 Å². The maximum atomic E-state index is 12.1. The van der Waals surface area contributed by atoms with Crippen LogP contribution in [-0.2, 0) is 11.3 Å². The minimum Gasteiger partial charge on any atom is -0.378 e. The molecule has 3 aromatic rings. The second kappa shape index (κ2) is 6.85. The number of aliphatic hydroxyl groups is 1. The Balaban J connectivity index is 1.71. The lowest BCUT2D eigenvalue weighted by Gasteiger charge is -2.13. The fourth-order valence-corrected chi connectivity index (χ4v) is 2.23. The molecule has 0 aliphatic rings. The Morgan fingerprint density at radius 3 is 2.70 bits per heavy atom. The molecule has 6 heteroatoms. The Morgan fingerprint density at radius 1 is 1.13 bits per heavy atom. The third-order valence-corrected chi connectivity index (χ3v) is 3.41. The van der Waals surface area contributed by atoms with Crippen LogP contribution in [0.4, 0.5) is 0 Å². The first-order valence-corrected chi connectivity index (χ1v) is 7.20. The van der Waals surface area contributed by atoms with Gasteiger partial charge in [-0.2, -0.15) is 5.10 Å². The molecule has 1 aromatic carbocycles. The minimum absolute atomic E-state index is 0.256. The van der Waals surface area contributed by atoms with Gasteiger partial charge in [-0.05, 0) is 17.7 Å². The average Bonchev–Trinajstić information content (AvgIpc) is 3.14. The second-order valence-corrected chi connectivity index (χ2v) is 4.97. The number of carbonyl (C=O) groups is 1. The Hall–Kier alpha value is -2.99. The average molecular weight is 308 g/mol. The van der Waals surface area contributed by atoms with E-state index in [0.717, 1.165) is 5.56 Å². The van der Waals surface area contributed by atoms with Crippen molar-refractivity contribution in [1.82, 2.24) is 20.1 Å². The summed E-state index contributed by atoms with van der Waals surface area (Å²) in [6, 6.07) is 14.3. The molecule has 0 spiro atoms. The predicted octanol–water partition coefficient (Wildman–Crippen LogP) is 1.62. The number of carbonyl (C=O) groups excluding carboxylic acids is 1. The van der Waals surface area contributed by atoms with Gasteiger partial charge in [-0.15, -0.1) is 0 Å². The van der Waals surface area contributed by atoms with Gasteiger partial charge in [0.25, 0.3) is 5.91 Å². The van der Waals surface area contributed by atoms with Crippen molar-refractivity contribution < 1.29 is 9.90 Å². The van der Waals surface area contributed by atoms with Crippen molar-refractivity contribution in [2.24, 2.45) is 0 Å². The van der Waals surface area contributed by atoms with Crippen molar-refractivity contribution in [2.75, 3.05) is 0 Å². The molecular weight excluding hydrogens is 292 g/mol. The minimum atomic E-state index is -1.19. The van der Waals surface area contributed by atoms with Crippen LogP contribution in [0.25, 0.3) is 5.82 Å². The van der Waals surface area contributed by atoms with E-state index in [0.29, 0.717) is 11.4 Å². The van der Waals surface area contributed by atoms with Crippen LogP contribution in [-0.4, -0.2) is 25.8 Å². The topological polar surface area (TPSA) is 80.0 Å². The summed E-state index contributed by atoms with van der Waals surface area (Å²) in [6.45, 7) is 0.256. The lowest BCUT2D eigenvalue weighted by Crippen LogP contribution is -2.29. The molecular formula is C17H16N4O2. The lowest BCUT2D eigenvalue weighted by atomic mass is 10.1. The molecule has 0 aliphatic heterocycles. The number of rotatable bonds is 5. The molecule has 0 bridgehead atoms. The van der Waals surface area contributed by atoms with Crippen molar-refractivity contribution in [3.8, 4) is 5.82 Å². The van der Waals surface area contributed by atoms with Crippen molar-refractivity contribution in [2.45, 2.75) is 12.6 Å². The normalized spacial score (nSPS) is 11.9. The van der Waals surface area contributed by atoms with Crippen LogP contribution in [0.5, 0.6) is 0 Å². The highest BCUT2D eigenvalue weighted by Crippen LogP contribution is 2.14. The molecule has 6 nitrogen and oxygen atoms in total. The van der Waals surface area contributed by atoms with Gasteiger partial charge in [-0.1, -0.05) is 36.4 Å². The van der Waals surface area contributed by atoms with Crippen LogP contribution in [0.1, 0.15) is 17.2 Å².